The molecule has 18 rings (SSSR count). The Kier molecular flexibility index (Phi) is 27.3. The topological polar surface area (TPSA) is 687 Å². The highest BCUT2D eigenvalue weighted by atomic mass is 127. The third kappa shape index (κ3) is 18.1. The lowest BCUT2D eigenvalue weighted by atomic mass is 10.1. The first-order valence-corrected chi connectivity index (χ1v) is 41.7. The third-order valence-corrected chi connectivity index (χ3v) is 21.5. The standard InChI is InChI=1S/C15H19IN6O4.C13H14IN5O5.C13H16IN5O4.C12H15IN6O4.C10H12IN5O4.C2H6O/c1-4-18-12(23)8-7-9(26-15(2,3)25-7)13(24-8)22-5-19-6-10(17)20-14(16)21-11(6)22;1-13(2)23-5-6(24-13)10(22-7(5)11(20)21)19-3-16-4-8(15)17-12(14)18-9(4)19;1-13(2)22-7-5(3-20)21-11(8(7)23-13)19-4-16-6-9(15)17-12(14)18-10(6)19;1-2-15-10(22)7-5(20)6(21)11(23-7)19-3-16-4-8(14)17-12(13)18-9(4)19;11-10-14-7(12)4-8(15-10)16(2-13-4)9-6(19)5(18)3(1-17)20-9;1-2-3/h5,7-9,13H,4H2,1-3H3,(H,18,23)(H2,17,20,21);3,5-7,10H,1-2H3,(H,20,21)(H2,15,17,18);4-5,7-8,11,20H,3H2,1-2H3,(H2,15,17,18);3,5-7,11,20-21H,2H2,1H3,(H,15,22)(H2,14,17,18);2-3,5-6,9,17-19H,1H2,(H2,12,14,15);3H,2H2,1H3/t7-,8-,9?,13+;5-,6?,7+,10-;5-,7+,8?,11-;5-,6?,7+,11-;3-,5+,6?,9-;/m01111./s1. The van der Waals surface area contributed by atoms with Crippen molar-refractivity contribution in [1.82, 2.24) is 108 Å². The Morgan fingerprint density at radius 2 is 0.639 bits per heavy atom. The summed E-state index contributed by atoms with van der Waals surface area (Å²) < 4.78 is 74.3. The fourth-order valence-corrected chi connectivity index (χ4v) is 16.7. The minimum atomic E-state index is -1.36. The van der Waals surface area contributed by atoms with E-state index in [-0.39, 0.29) is 54.6 Å². The molecule has 20 N–H and O–H groups in total. The number of rotatable bonds is 12. The Morgan fingerprint density at radius 1 is 0.378 bits per heavy atom. The van der Waals surface area contributed by atoms with E-state index in [4.69, 9.17) is 91.0 Å². The van der Waals surface area contributed by atoms with E-state index in [9.17, 15) is 45.0 Å². The summed E-state index contributed by atoms with van der Waals surface area (Å²) >= 11 is 9.76. The molecule has 8 aliphatic rings. The first-order chi connectivity index (χ1) is 56.3. The van der Waals surface area contributed by atoms with Gasteiger partial charge in [-0.05, 0) is 62.3 Å². The maximum Gasteiger partial charge on any atom is 0.335 e. The number of likely N-dealkylation sites (N-methyl/N-ethyl adjacent to an activating group) is 2. The molecule has 8 aliphatic heterocycles. The molecule has 10 aromatic heterocycles. The highest BCUT2D eigenvalue weighted by Gasteiger charge is 2.61. The van der Waals surface area contributed by atoms with E-state index in [2.05, 4.69) is 85.4 Å². The molecule has 54 heteroatoms. The van der Waals surface area contributed by atoms with Crippen molar-refractivity contribution in [3.8, 4) is 0 Å². The number of carbonyl (C=O) groups excluding carboxylic acids is 2. The molecule has 2 amide bonds. The molecule has 5 unspecified atom stereocenters. The van der Waals surface area contributed by atoms with E-state index in [1.807, 2.05) is 148 Å². The van der Waals surface area contributed by atoms with Gasteiger partial charge in [0.2, 0.25) is 0 Å². The zero-order chi connectivity index (χ0) is 86.1. The molecule has 119 heavy (non-hydrogen) atoms. The molecule has 0 radical (unpaired) electrons. The lowest BCUT2D eigenvalue weighted by Gasteiger charge is -2.24. The maximum absolute atomic E-state index is 12.4. The third-order valence-electron chi connectivity index (χ3n) is 19.1. The first-order valence-electron chi connectivity index (χ1n) is 36.3. The van der Waals surface area contributed by atoms with E-state index in [1.54, 1.807) is 54.1 Å². The monoisotopic (exact) mass is 2230 g/mol. The van der Waals surface area contributed by atoms with Gasteiger partial charge in [0.25, 0.3) is 11.8 Å². The Balaban J connectivity index is 0.000000128. The number of anilines is 5. The Labute approximate surface area is 739 Å². The largest absolute Gasteiger partial charge is 0.479 e. The van der Waals surface area contributed by atoms with Crippen LogP contribution in [-0.2, 0) is 66.5 Å². The Bertz CT molecular complexity index is 5400. The van der Waals surface area contributed by atoms with Crippen molar-refractivity contribution in [1.29, 1.82) is 0 Å². The quantitative estimate of drug-likeness (QED) is 0.0510. The molecular weight excluding hydrogens is 2150 g/mol. The number of aliphatic carboxylic acids is 1. The molecular formula is C65H82I5N27O22. The molecule has 18 heterocycles. The van der Waals surface area contributed by atoms with Crippen molar-refractivity contribution in [3.63, 3.8) is 0 Å². The second kappa shape index (κ2) is 36.1. The number of nitrogens with zero attached hydrogens (tertiary/aromatic N) is 20. The number of carbonyl (C=O) groups is 3. The van der Waals surface area contributed by atoms with E-state index < -0.39 is 146 Å². The van der Waals surface area contributed by atoms with Crippen molar-refractivity contribution in [3.05, 3.63) is 50.8 Å². The van der Waals surface area contributed by atoms with Gasteiger partial charge in [-0.2, -0.15) is 0 Å². The van der Waals surface area contributed by atoms with Crippen molar-refractivity contribution in [2.75, 3.05) is 61.6 Å². The predicted molar refractivity (Wildman–Crippen MR) is 449 cm³/mol. The van der Waals surface area contributed by atoms with Crippen LogP contribution in [0, 0.1) is 19.2 Å². The summed E-state index contributed by atoms with van der Waals surface area (Å²) in [6.07, 6.45) is -8.85. The molecule has 0 bridgehead atoms. The first kappa shape index (κ1) is 89.8. The summed E-state index contributed by atoms with van der Waals surface area (Å²) in [5.74, 6) is -3.01. The minimum absolute atomic E-state index is 0.154. The number of hydrogen-bond acceptors (Lipinski definition) is 41. The van der Waals surface area contributed by atoms with Crippen LogP contribution in [0.5, 0.6) is 0 Å². The lowest BCUT2D eigenvalue weighted by Crippen LogP contribution is -2.42. The van der Waals surface area contributed by atoms with Crippen molar-refractivity contribution in [2.24, 2.45) is 0 Å². The number of halogens is 5. The molecule has 8 saturated heterocycles. The fourth-order valence-electron chi connectivity index (χ4n) is 14.3. The summed E-state index contributed by atoms with van der Waals surface area (Å²) in [4.78, 5) is 98.7. The fraction of sp³-hybridized carbons (Fsp3) is 0.569. The highest BCUT2D eigenvalue weighted by Crippen LogP contribution is 2.48. The van der Waals surface area contributed by atoms with Gasteiger partial charge in [0, 0.05) is 133 Å². The molecule has 10 aromatic rings. The number of aliphatic hydroxyl groups excluding tert-OH is 7. The summed E-state index contributed by atoms with van der Waals surface area (Å²) in [6, 6.07) is 0. The number of nitrogens with two attached hydrogens (primary N) is 5. The Hall–Kier alpha value is -6.91. The average Bonchev–Trinajstić information content (AvgIpc) is 1.81. The van der Waals surface area contributed by atoms with Crippen LogP contribution in [0.15, 0.2) is 31.6 Å². The molecule has 0 spiro atoms. The van der Waals surface area contributed by atoms with E-state index >= 15 is 0 Å². The van der Waals surface area contributed by atoms with Crippen molar-refractivity contribution in [2.45, 2.75) is 202 Å². The average molecular weight is 2230 g/mol. The Morgan fingerprint density at radius 3 is 0.966 bits per heavy atom. The second-order valence-corrected chi connectivity index (χ2v) is 33.3. The molecule has 0 aromatic carbocycles. The van der Waals surface area contributed by atoms with E-state index in [0.717, 1.165) is 0 Å². The van der Waals surface area contributed by atoms with Gasteiger partial charge in [-0.1, -0.05) is 0 Å². The molecule has 644 valence electrons. The molecule has 49 nitrogen and oxygen atoms in total. The lowest BCUT2D eigenvalue weighted by molar-refractivity contribution is -0.202. The number of ether oxygens (including phenoxy) is 11. The molecule has 0 aliphatic carbocycles. The minimum Gasteiger partial charge on any atom is -0.479 e. The second-order valence-electron chi connectivity index (χ2n) is 28.4. The van der Waals surface area contributed by atoms with Crippen LogP contribution in [-0.4, -0.2) is 298 Å². The maximum atomic E-state index is 12.4. The highest BCUT2D eigenvalue weighted by molar-refractivity contribution is 14.1. The number of carboxylic acid groups (broad SMARTS) is 1. The van der Waals surface area contributed by atoms with Gasteiger partial charge in [0.1, 0.15) is 101 Å². The number of fused-ring (bicyclic) bond motifs is 8. The van der Waals surface area contributed by atoms with Gasteiger partial charge < -0.3 is 132 Å². The van der Waals surface area contributed by atoms with E-state index in [0.29, 0.717) is 93.9 Å². The van der Waals surface area contributed by atoms with E-state index in [1.165, 1.54) is 28.1 Å². The number of nitrogens with one attached hydrogen (secondary N) is 2. The summed E-state index contributed by atoms with van der Waals surface area (Å²) in [5.41, 5.74) is 33.7. The zero-order valence-electron chi connectivity index (χ0n) is 64.0. The van der Waals surface area contributed by atoms with Crippen LogP contribution in [0.1, 0.15) is 93.5 Å². The number of aliphatic hydroxyl groups is 7. The normalized spacial score (nSPS) is 29.7. The molecule has 0 saturated carbocycles. The number of amides is 2. The van der Waals surface area contributed by atoms with Gasteiger partial charge in [0.15, 0.2) is 143 Å². The van der Waals surface area contributed by atoms with Gasteiger partial charge in [-0.15, -0.1) is 0 Å². The SMILES string of the molecule is CC1(C)OC2[C@@H](O1)[C@@H](C(=O)O)O[C@H]2n1cnc2c(N)nc(I)nc21.CC1(C)OC2[C@@H](O1)[C@@H](CO)O[C@H]2n1cnc2c(N)nc(I)nc21.CCNC(=O)[C@H]1O[C@@H](n2cnc3c(N)nc(I)nc32)C(O)[C@H]1O.CCNC(=O)[C@H]1O[C@@H](n2cnc3c(N)nc(I)nc32)C2OC(C)(C)O[C@H]21.CCO.Nc1nc(I)nc2c1ncn2[C@@H]1O[C@H](CO)[C@H](O)C1O. The molecule has 20 atom stereocenters. The molecule has 8 fully saturated rings. The summed E-state index contributed by atoms with van der Waals surface area (Å²) in [5, 5.41) is 81.1. The van der Waals surface area contributed by atoms with Crippen LogP contribution >= 0.6 is 113 Å². The van der Waals surface area contributed by atoms with Crippen LogP contribution in [0.3, 0.4) is 0 Å². The number of carboxylic acids is 1. The predicted octanol–water partition coefficient (Wildman–Crippen LogP) is -1.10. The van der Waals surface area contributed by atoms with Gasteiger partial charge in [-0.3, -0.25) is 32.4 Å². The van der Waals surface area contributed by atoms with Crippen LogP contribution < -0.4 is 39.3 Å². The smallest absolute Gasteiger partial charge is 0.335 e. The van der Waals surface area contributed by atoms with Crippen LogP contribution in [0.4, 0.5) is 29.1 Å². The number of imidazole rings is 5. The summed E-state index contributed by atoms with van der Waals surface area (Å²) in [7, 11) is 0. The van der Waals surface area contributed by atoms with Gasteiger partial charge in [0.05, 0.1) is 44.9 Å². The summed E-state index contributed by atoms with van der Waals surface area (Å²) in [6.45, 7) is 16.6. The van der Waals surface area contributed by atoms with Crippen molar-refractivity contribution >= 4 is 216 Å². The zero-order valence-corrected chi connectivity index (χ0v) is 74.8. The van der Waals surface area contributed by atoms with Crippen LogP contribution in [0.2, 0.25) is 0 Å². The van der Waals surface area contributed by atoms with Gasteiger partial charge in [-0.25, -0.2) is 79.6 Å². The van der Waals surface area contributed by atoms with Crippen molar-refractivity contribution < 1.29 is 107 Å². The van der Waals surface area contributed by atoms with Crippen LogP contribution in [0.25, 0.3) is 55.8 Å². The number of aromatic nitrogens is 20. The number of hydrogen-bond donors (Lipinski definition) is 15. The number of nitrogen functional groups attached to an aromatic ring is 5. The van der Waals surface area contributed by atoms with Gasteiger partial charge >= 0.3 is 5.97 Å².